The van der Waals surface area contributed by atoms with Crippen LogP contribution in [0, 0.1) is 0 Å². The molecule has 1 heterocycles. The molecule has 0 fully saturated rings. The van der Waals surface area contributed by atoms with Crippen molar-refractivity contribution in [3.63, 3.8) is 0 Å². The molecule has 0 radical (unpaired) electrons. The Labute approximate surface area is 90.3 Å². The molecule has 1 rings (SSSR count). The van der Waals surface area contributed by atoms with Crippen LogP contribution in [0.2, 0.25) is 0 Å². The average Bonchev–Trinajstić information content (AvgIpc) is 2.66. The standard InChI is InChI=1S/C11H18N2O2/c1-11(2,10(14)13(3)4)12-7-9-5-6-15-8-9/h5-6,8,12H,7H2,1-4H3. The summed E-state index contributed by atoms with van der Waals surface area (Å²) < 4.78 is 4.95. The normalized spacial score (nSPS) is 11.5. The lowest BCUT2D eigenvalue weighted by Gasteiger charge is -2.28. The number of furan rings is 1. The average molecular weight is 210 g/mol. The largest absolute Gasteiger partial charge is 0.472 e. The summed E-state index contributed by atoms with van der Waals surface area (Å²) in [5.41, 5.74) is 0.482. The molecule has 4 heteroatoms. The van der Waals surface area contributed by atoms with E-state index in [9.17, 15) is 4.79 Å². The fraction of sp³-hybridized carbons (Fsp3) is 0.545. The van der Waals surface area contributed by atoms with Gasteiger partial charge in [-0.2, -0.15) is 0 Å². The minimum absolute atomic E-state index is 0.0611. The minimum atomic E-state index is -0.555. The molecule has 0 aliphatic carbocycles. The van der Waals surface area contributed by atoms with Crippen LogP contribution >= 0.6 is 0 Å². The highest BCUT2D eigenvalue weighted by molar-refractivity contribution is 5.85. The first kappa shape index (κ1) is 11.8. The molecule has 1 N–H and O–H groups in total. The minimum Gasteiger partial charge on any atom is -0.472 e. The maximum Gasteiger partial charge on any atom is 0.241 e. The number of likely N-dealkylation sites (N-methyl/N-ethyl adjacent to an activating group) is 1. The van der Waals surface area contributed by atoms with Crippen LogP contribution in [0.25, 0.3) is 0 Å². The Morgan fingerprint density at radius 3 is 2.67 bits per heavy atom. The SMILES string of the molecule is CN(C)C(=O)C(C)(C)NCc1ccoc1. The first-order valence-corrected chi connectivity index (χ1v) is 4.91. The highest BCUT2D eigenvalue weighted by Gasteiger charge is 2.28. The van der Waals surface area contributed by atoms with E-state index in [4.69, 9.17) is 4.42 Å². The molecular weight excluding hydrogens is 192 g/mol. The molecule has 0 spiro atoms. The predicted octanol–water partition coefficient (Wildman–Crippen LogP) is 1.24. The number of nitrogens with zero attached hydrogens (tertiary/aromatic N) is 1. The maximum atomic E-state index is 11.8. The molecule has 1 aromatic heterocycles. The van der Waals surface area contributed by atoms with E-state index >= 15 is 0 Å². The number of carbonyl (C=O) groups is 1. The van der Waals surface area contributed by atoms with Crippen molar-refractivity contribution in [2.75, 3.05) is 14.1 Å². The predicted molar refractivity (Wildman–Crippen MR) is 58.3 cm³/mol. The number of carbonyl (C=O) groups excluding carboxylic acids is 1. The van der Waals surface area contributed by atoms with Gasteiger partial charge in [0.2, 0.25) is 5.91 Å². The molecule has 15 heavy (non-hydrogen) atoms. The summed E-state index contributed by atoms with van der Waals surface area (Å²) in [4.78, 5) is 13.3. The lowest BCUT2D eigenvalue weighted by molar-refractivity contribution is -0.134. The fourth-order valence-electron chi connectivity index (χ4n) is 1.35. The van der Waals surface area contributed by atoms with Gasteiger partial charge < -0.3 is 9.32 Å². The van der Waals surface area contributed by atoms with Crippen molar-refractivity contribution in [3.05, 3.63) is 24.2 Å². The van der Waals surface area contributed by atoms with Gasteiger partial charge in [0.15, 0.2) is 0 Å². The van der Waals surface area contributed by atoms with Gasteiger partial charge in [-0.25, -0.2) is 0 Å². The van der Waals surface area contributed by atoms with Crippen LogP contribution in [-0.4, -0.2) is 30.4 Å². The molecule has 0 aliphatic heterocycles. The third kappa shape index (κ3) is 3.09. The quantitative estimate of drug-likeness (QED) is 0.813. The first-order chi connectivity index (χ1) is 6.93. The Balaban J connectivity index is 2.53. The molecule has 4 nitrogen and oxygen atoms in total. The van der Waals surface area contributed by atoms with Crippen LogP contribution in [0.4, 0.5) is 0 Å². The van der Waals surface area contributed by atoms with Gasteiger partial charge >= 0.3 is 0 Å². The summed E-state index contributed by atoms with van der Waals surface area (Å²) in [7, 11) is 3.51. The van der Waals surface area contributed by atoms with E-state index < -0.39 is 5.54 Å². The summed E-state index contributed by atoms with van der Waals surface area (Å²) in [5.74, 6) is 0.0611. The molecule has 1 amide bonds. The van der Waals surface area contributed by atoms with Gasteiger partial charge in [0.25, 0.3) is 0 Å². The van der Waals surface area contributed by atoms with Crippen LogP contribution < -0.4 is 5.32 Å². The van der Waals surface area contributed by atoms with Crippen molar-refractivity contribution < 1.29 is 9.21 Å². The summed E-state index contributed by atoms with van der Waals surface area (Å²) in [6.07, 6.45) is 3.29. The van der Waals surface area contributed by atoms with Gasteiger partial charge in [0.05, 0.1) is 18.1 Å². The van der Waals surface area contributed by atoms with E-state index in [1.54, 1.807) is 31.5 Å². The van der Waals surface area contributed by atoms with Crippen LogP contribution in [-0.2, 0) is 11.3 Å². The molecule has 0 atom stereocenters. The van der Waals surface area contributed by atoms with Gasteiger partial charge in [-0.3, -0.25) is 10.1 Å². The van der Waals surface area contributed by atoms with Crippen LogP contribution in [0.15, 0.2) is 23.0 Å². The Morgan fingerprint density at radius 1 is 1.53 bits per heavy atom. The van der Waals surface area contributed by atoms with Crippen LogP contribution in [0.3, 0.4) is 0 Å². The Hall–Kier alpha value is -1.29. The first-order valence-electron chi connectivity index (χ1n) is 4.91. The van der Waals surface area contributed by atoms with Gasteiger partial charge in [-0.05, 0) is 19.9 Å². The number of rotatable bonds is 4. The highest BCUT2D eigenvalue weighted by atomic mass is 16.3. The lowest BCUT2D eigenvalue weighted by Crippen LogP contribution is -2.51. The third-order valence-electron chi connectivity index (χ3n) is 2.26. The highest BCUT2D eigenvalue weighted by Crippen LogP contribution is 2.08. The van der Waals surface area contributed by atoms with E-state index in [0.29, 0.717) is 6.54 Å². The van der Waals surface area contributed by atoms with Gasteiger partial charge in [-0.15, -0.1) is 0 Å². The van der Waals surface area contributed by atoms with Crippen molar-refractivity contribution in [3.8, 4) is 0 Å². The molecule has 0 bridgehead atoms. The Kier molecular flexibility index (Phi) is 3.52. The van der Waals surface area contributed by atoms with Crippen molar-refractivity contribution in [2.24, 2.45) is 0 Å². The van der Waals surface area contributed by atoms with E-state index in [0.717, 1.165) is 5.56 Å². The molecule has 1 aromatic rings. The molecule has 0 saturated carbocycles. The summed E-state index contributed by atoms with van der Waals surface area (Å²) in [6.45, 7) is 4.37. The second-order valence-corrected chi connectivity index (χ2v) is 4.31. The second-order valence-electron chi connectivity index (χ2n) is 4.31. The number of amides is 1. The van der Waals surface area contributed by atoms with E-state index in [-0.39, 0.29) is 5.91 Å². The van der Waals surface area contributed by atoms with Crippen molar-refractivity contribution in [1.29, 1.82) is 0 Å². The molecule has 0 aliphatic rings. The number of hydrogen-bond acceptors (Lipinski definition) is 3. The van der Waals surface area contributed by atoms with Gasteiger partial charge in [0, 0.05) is 26.2 Å². The Bertz CT molecular complexity index is 315. The van der Waals surface area contributed by atoms with Crippen LogP contribution in [0.5, 0.6) is 0 Å². The van der Waals surface area contributed by atoms with Crippen molar-refractivity contribution >= 4 is 5.91 Å². The van der Waals surface area contributed by atoms with E-state index in [1.807, 2.05) is 19.9 Å². The van der Waals surface area contributed by atoms with Crippen molar-refractivity contribution in [1.82, 2.24) is 10.2 Å². The van der Waals surface area contributed by atoms with Crippen molar-refractivity contribution in [2.45, 2.75) is 25.9 Å². The zero-order chi connectivity index (χ0) is 11.5. The van der Waals surface area contributed by atoms with E-state index in [2.05, 4.69) is 5.32 Å². The maximum absolute atomic E-state index is 11.8. The number of nitrogens with one attached hydrogen (secondary N) is 1. The van der Waals surface area contributed by atoms with E-state index in [1.165, 1.54) is 0 Å². The fourth-order valence-corrected chi connectivity index (χ4v) is 1.35. The summed E-state index contributed by atoms with van der Waals surface area (Å²) in [5, 5.41) is 3.19. The second kappa shape index (κ2) is 4.49. The van der Waals surface area contributed by atoms with Gasteiger partial charge in [0.1, 0.15) is 0 Å². The third-order valence-corrected chi connectivity index (χ3v) is 2.26. The zero-order valence-electron chi connectivity index (χ0n) is 9.70. The summed E-state index contributed by atoms with van der Waals surface area (Å²) in [6, 6.07) is 1.88. The molecule has 0 saturated heterocycles. The monoisotopic (exact) mass is 210 g/mol. The summed E-state index contributed by atoms with van der Waals surface area (Å²) >= 11 is 0. The Morgan fingerprint density at radius 2 is 2.20 bits per heavy atom. The molecule has 84 valence electrons. The zero-order valence-corrected chi connectivity index (χ0v) is 9.70. The topological polar surface area (TPSA) is 45.5 Å². The molecule has 0 unspecified atom stereocenters. The molecule has 0 aromatic carbocycles. The number of hydrogen-bond donors (Lipinski definition) is 1. The van der Waals surface area contributed by atoms with Gasteiger partial charge in [-0.1, -0.05) is 0 Å². The molecular formula is C11H18N2O2. The lowest BCUT2D eigenvalue weighted by atomic mass is 10.0. The smallest absolute Gasteiger partial charge is 0.241 e. The van der Waals surface area contributed by atoms with Crippen LogP contribution in [0.1, 0.15) is 19.4 Å².